The number of nitrogens with zero attached hydrogens (tertiary/aromatic N) is 3. The zero-order valence-electron chi connectivity index (χ0n) is 15.7. The van der Waals surface area contributed by atoms with Gasteiger partial charge in [0, 0.05) is 24.4 Å². The number of nitrogens with one attached hydrogen (secondary N) is 1. The van der Waals surface area contributed by atoms with Crippen molar-refractivity contribution in [2.75, 3.05) is 13.7 Å². The number of hydrogen-bond donors (Lipinski definition) is 1. The standard InChI is InChI=1S/C22H20N4O2/c1-3-28-20-11-7-8-16(13-20)21-18(12-17(14-23)22(27)24-2)15-26(25-21)19-9-5-4-6-10-19/h4-13,15H,3H2,1-2H3,(H,24,27)/b17-12-. The van der Waals surface area contributed by atoms with E-state index in [-0.39, 0.29) is 5.57 Å². The Morgan fingerprint density at radius 1 is 1.25 bits per heavy atom. The highest BCUT2D eigenvalue weighted by atomic mass is 16.5. The van der Waals surface area contributed by atoms with Crippen LogP contribution in [0.5, 0.6) is 5.75 Å². The van der Waals surface area contributed by atoms with Gasteiger partial charge in [-0.15, -0.1) is 0 Å². The predicted molar refractivity (Wildman–Crippen MR) is 108 cm³/mol. The lowest BCUT2D eigenvalue weighted by molar-refractivity contribution is -0.116. The number of hydrogen-bond acceptors (Lipinski definition) is 4. The van der Waals surface area contributed by atoms with Gasteiger partial charge in [-0.25, -0.2) is 4.68 Å². The first-order chi connectivity index (χ1) is 13.7. The van der Waals surface area contributed by atoms with Crippen molar-refractivity contribution < 1.29 is 9.53 Å². The molecule has 0 saturated heterocycles. The van der Waals surface area contributed by atoms with Gasteiger partial charge in [-0.1, -0.05) is 30.3 Å². The highest BCUT2D eigenvalue weighted by Crippen LogP contribution is 2.28. The summed E-state index contributed by atoms with van der Waals surface area (Å²) >= 11 is 0. The monoisotopic (exact) mass is 372 g/mol. The zero-order chi connectivity index (χ0) is 19.9. The number of amides is 1. The molecule has 0 atom stereocenters. The minimum absolute atomic E-state index is 0.0114. The lowest BCUT2D eigenvalue weighted by Gasteiger charge is -2.05. The molecule has 3 rings (SSSR count). The van der Waals surface area contributed by atoms with E-state index in [9.17, 15) is 10.1 Å². The molecule has 1 N–H and O–H groups in total. The van der Waals surface area contributed by atoms with Crippen molar-refractivity contribution >= 4 is 12.0 Å². The summed E-state index contributed by atoms with van der Waals surface area (Å²) in [5.41, 5.74) is 3.04. The van der Waals surface area contributed by atoms with Gasteiger partial charge in [0.05, 0.1) is 12.3 Å². The van der Waals surface area contributed by atoms with E-state index in [0.717, 1.165) is 17.0 Å². The third-order valence-electron chi connectivity index (χ3n) is 4.07. The van der Waals surface area contributed by atoms with Crippen LogP contribution in [0.2, 0.25) is 0 Å². The Bertz CT molecular complexity index is 1050. The van der Waals surface area contributed by atoms with Crippen LogP contribution in [0.3, 0.4) is 0 Å². The molecular formula is C22H20N4O2. The quantitative estimate of drug-likeness (QED) is 0.530. The minimum Gasteiger partial charge on any atom is -0.494 e. The van der Waals surface area contributed by atoms with Crippen molar-refractivity contribution in [1.82, 2.24) is 15.1 Å². The van der Waals surface area contributed by atoms with Crippen molar-refractivity contribution in [2.45, 2.75) is 6.92 Å². The van der Waals surface area contributed by atoms with E-state index < -0.39 is 5.91 Å². The number of aromatic nitrogens is 2. The first-order valence-corrected chi connectivity index (χ1v) is 8.88. The molecule has 3 aromatic rings. The van der Waals surface area contributed by atoms with Gasteiger partial charge >= 0.3 is 0 Å². The molecule has 0 bridgehead atoms. The maximum Gasteiger partial charge on any atom is 0.261 e. The fourth-order valence-electron chi connectivity index (χ4n) is 2.77. The Kier molecular flexibility index (Phi) is 5.87. The Labute approximate surface area is 163 Å². The molecule has 0 aliphatic rings. The lowest BCUT2D eigenvalue weighted by Crippen LogP contribution is -2.19. The number of benzene rings is 2. The molecule has 0 fully saturated rings. The second kappa shape index (κ2) is 8.69. The number of rotatable bonds is 6. The summed E-state index contributed by atoms with van der Waals surface area (Å²) < 4.78 is 7.32. The first-order valence-electron chi connectivity index (χ1n) is 8.88. The number of likely N-dealkylation sites (N-methyl/N-ethyl adjacent to an activating group) is 1. The topological polar surface area (TPSA) is 79.9 Å². The van der Waals surface area contributed by atoms with Gasteiger partial charge in [-0.05, 0) is 37.3 Å². The molecule has 0 saturated carbocycles. The number of carbonyl (C=O) groups excluding carboxylic acids is 1. The Hall–Kier alpha value is -3.85. The van der Waals surface area contributed by atoms with E-state index in [0.29, 0.717) is 17.9 Å². The van der Waals surface area contributed by atoms with Crippen LogP contribution in [-0.2, 0) is 4.79 Å². The second-order valence-electron chi connectivity index (χ2n) is 5.92. The van der Waals surface area contributed by atoms with Gasteiger partial charge < -0.3 is 10.1 Å². The molecule has 1 heterocycles. The van der Waals surface area contributed by atoms with Gasteiger partial charge in [0.15, 0.2) is 0 Å². The van der Waals surface area contributed by atoms with Crippen LogP contribution in [0, 0.1) is 11.3 Å². The van der Waals surface area contributed by atoms with Crippen LogP contribution in [-0.4, -0.2) is 29.3 Å². The van der Waals surface area contributed by atoms with Crippen molar-refractivity contribution in [3.05, 3.63) is 71.9 Å². The van der Waals surface area contributed by atoms with Gasteiger partial charge in [-0.2, -0.15) is 10.4 Å². The summed E-state index contributed by atoms with van der Waals surface area (Å²) in [7, 11) is 1.49. The number of ether oxygens (including phenoxy) is 1. The molecule has 0 aliphatic heterocycles. The van der Waals surface area contributed by atoms with Gasteiger partial charge in [0.25, 0.3) is 5.91 Å². The Morgan fingerprint density at radius 2 is 2.04 bits per heavy atom. The largest absolute Gasteiger partial charge is 0.494 e. The van der Waals surface area contributed by atoms with Crippen molar-refractivity contribution in [3.63, 3.8) is 0 Å². The summed E-state index contributed by atoms with van der Waals surface area (Å²) in [5.74, 6) is 0.292. The van der Waals surface area contributed by atoms with Crippen LogP contribution in [0.25, 0.3) is 23.0 Å². The Morgan fingerprint density at radius 3 is 2.71 bits per heavy atom. The molecule has 6 nitrogen and oxygen atoms in total. The summed E-state index contributed by atoms with van der Waals surface area (Å²) in [4.78, 5) is 12.0. The fourth-order valence-corrected chi connectivity index (χ4v) is 2.77. The lowest BCUT2D eigenvalue weighted by atomic mass is 10.1. The maximum absolute atomic E-state index is 12.0. The van der Waals surface area contributed by atoms with E-state index in [1.165, 1.54) is 7.05 Å². The third kappa shape index (κ3) is 4.10. The minimum atomic E-state index is -0.441. The molecule has 0 spiro atoms. The van der Waals surface area contributed by atoms with E-state index in [1.807, 2.05) is 67.6 Å². The van der Waals surface area contributed by atoms with Crippen molar-refractivity contribution in [1.29, 1.82) is 5.26 Å². The molecular weight excluding hydrogens is 352 g/mol. The number of carbonyl (C=O) groups is 1. The fraction of sp³-hybridized carbons (Fsp3) is 0.136. The SMILES string of the molecule is CCOc1cccc(-c2nn(-c3ccccc3)cc2/C=C(/C#N)C(=O)NC)c1. The van der Waals surface area contributed by atoms with Crippen LogP contribution in [0.15, 0.2) is 66.4 Å². The van der Waals surface area contributed by atoms with E-state index in [1.54, 1.807) is 17.0 Å². The summed E-state index contributed by atoms with van der Waals surface area (Å²) in [6, 6.07) is 19.2. The summed E-state index contributed by atoms with van der Waals surface area (Å²) in [6.45, 7) is 2.48. The zero-order valence-corrected chi connectivity index (χ0v) is 15.7. The van der Waals surface area contributed by atoms with Gasteiger partial charge in [0.2, 0.25) is 0 Å². The normalized spacial score (nSPS) is 11.0. The van der Waals surface area contributed by atoms with Crippen LogP contribution in [0.4, 0.5) is 0 Å². The number of para-hydroxylation sites is 1. The molecule has 140 valence electrons. The van der Waals surface area contributed by atoms with Crippen LogP contribution >= 0.6 is 0 Å². The number of nitriles is 1. The Balaban J connectivity index is 2.16. The molecule has 1 amide bonds. The van der Waals surface area contributed by atoms with Gasteiger partial charge in [0.1, 0.15) is 23.1 Å². The molecule has 1 aromatic heterocycles. The molecule has 28 heavy (non-hydrogen) atoms. The maximum atomic E-state index is 12.0. The highest BCUT2D eigenvalue weighted by molar-refractivity contribution is 6.02. The van der Waals surface area contributed by atoms with Crippen LogP contribution < -0.4 is 10.1 Å². The molecule has 0 unspecified atom stereocenters. The van der Waals surface area contributed by atoms with E-state index in [2.05, 4.69) is 5.32 Å². The van der Waals surface area contributed by atoms with Crippen molar-refractivity contribution in [2.24, 2.45) is 0 Å². The average Bonchev–Trinajstić information content (AvgIpc) is 3.16. The second-order valence-corrected chi connectivity index (χ2v) is 5.92. The highest BCUT2D eigenvalue weighted by Gasteiger charge is 2.15. The molecule has 6 heteroatoms. The van der Waals surface area contributed by atoms with E-state index in [4.69, 9.17) is 9.84 Å². The summed E-state index contributed by atoms with van der Waals surface area (Å²) in [6.07, 6.45) is 3.35. The van der Waals surface area contributed by atoms with E-state index >= 15 is 0 Å². The average molecular weight is 372 g/mol. The van der Waals surface area contributed by atoms with Crippen molar-refractivity contribution in [3.8, 4) is 28.8 Å². The third-order valence-corrected chi connectivity index (χ3v) is 4.07. The molecule has 0 aliphatic carbocycles. The molecule has 2 aromatic carbocycles. The van der Waals surface area contributed by atoms with Gasteiger partial charge in [-0.3, -0.25) is 4.79 Å². The predicted octanol–water partition coefficient (Wildman–Crippen LogP) is 3.59. The summed E-state index contributed by atoms with van der Waals surface area (Å²) in [5, 5.41) is 16.5. The van der Waals surface area contributed by atoms with Crippen LogP contribution in [0.1, 0.15) is 12.5 Å². The smallest absolute Gasteiger partial charge is 0.261 e. The molecule has 0 radical (unpaired) electrons. The first kappa shape index (κ1) is 18.9.